The van der Waals surface area contributed by atoms with Crippen LogP contribution in [0.3, 0.4) is 0 Å². The van der Waals surface area contributed by atoms with Gasteiger partial charge in [0.1, 0.15) is 11.5 Å². The number of nitrogens with zero attached hydrogens (tertiary/aromatic N) is 1. The molecular weight excluding hydrogens is 552 g/mol. The molecule has 1 spiro atoms. The molecule has 1 amide bonds. The molecule has 0 aromatic heterocycles. The Balaban J connectivity index is 1.54. The molecule has 190 valence electrons. The first kappa shape index (κ1) is 23.8. The van der Waals surface area contributed by atoms with Gasteiger partial charge in [-0.25, -0.2) is 0 Å². The van der Waals surface area contributed by atoms with Crippen LogP contribution in [0, 0.1) is 5.92 Å². The second-order valence-electron chi connectivity index (χ2n) is 10.2. The molecule has 3 heterocycles. The first-order valence-corrected chi connectivity index (χ1v) is 13.7. The van der Waals surface area contributed by atoms with Crippen molar-refractivity contribution in [3.05, 3.63) is 136 Å². The number of para-hydroxylation sites is 2. The first-order valence-electron chi connectivity index (χ1n) is 12.9. The number of hydrogen-bond donors (Lipinski definition) is 1. The Bertz CT molecular complexity index is 1680. The summed E-state index contributed by atoms with van der Waals surface area (Å²) in [5.74, 6) is -1.65. The average molecular weight is 575 g/mol. The molecule has 0 aliphatic carbocycles. The van der Waals surface area contributed by atoms with Gasteiger partial charge >= 0.3 is 0 Å². The van der Waals surface area contributed by atoms with Gasteiger partial charge in [-0.3, -0.25) is 14.4 Å². The van der Waals surface area contributed by atoms with Gasteiger partial charge in [0.2, 0.25) is 5.91 Å². The lowest BCUT2D eigenvalue weighted by molar-refractivity contribution is -0.121. The molecule has 1 N–H and O–H groups in total. The van der Waals surface area contributed by atoms with Crippen LogP contribution >= 0.6 is 15.9 Å². The average Bonchev–Trinajstić information content (AvgIpc) is 3.45. The minimum Gasteiger partial charge on any atom is -0.352 e. The van der Waals surface area contributed by atoms with Crippen LogP contribution in [0.4, 0.5) is 11.4 Å². The Kier molecular flexibility index (Phi) is 5.42. The number of halogens is 1. The van der Waals surface area contributed by atoms with E-state index in [0.717, 1.165) is 21.3 Å². The van der Waals surface area contributed by atoms with Gasteiger partial charge < -0.3 is 10.2 Å². The van der Waals surface area contributed by atoms with E-state index in [0.29, 0.717) is 16.8 Å². The lowest BCUT2D eigenvalue weighted by atomic mass is 9.64. The van der Waals surface area contributed by atoms with Crippen molar-refractivity contribution in [2.75, 3.05) is 10.2 Å². The van der Waals surface area contributed by atoms with Crippen LogP contribution in [0.2, 0.25) is 0 Å². The molecule has 4 atom stereocenters. The van der Waals surface area contributed by atoms with Crippen molar-refractivity contribution in [3.8, 4) is 0 Å². The molecule has 3 aliphatic rings. The summed E-state index contributed by atoms with van der Waals surface area (Å²) in [4.78, 5) is 45.5. The number of fused-ring (bicyclic) bond motifs is 6. The predicted octanol–water partition coefficient (Wildman–Crippen LogP) is 6.31. The minimum absolute atomic E-state index is 0.194. The maximum absolute atomic E-state index is 14.6. The summed E-state index contributed by atoms with van der Waals surface area (Å²) in [7, 11) is 0. The third-order valence-corrected chi connectivity index (χ3v) is 8.81. The quantitative estimate of drug-likeness (QED) is 0.290. The molecule has 1 saturated heterocycles. The minimum atomic E-state index is -1.30. The second kappa shape index (κ2) is 8.89. The Morgan fingerprint density at radius 2 is 1.44 bits per heavy atom. The van der Waals surface area contributed by atoms with E-state index in [-0.39, 0.29) is 17.5 Å². The zero-order chi connectivity index (χ0) is 26.7. The molecule has 1 fully saturated rings. The van der Waals surface area contributed by atoms with Gasteiger partial charge in [0.05, 0.1) is 12.0 Å². The maximum Gasteiger partial charge on any atom is 0.238 e. The highest BCUT2D eigenvalue weighted by atomic mass is 79.9. The second-order valence-corrected chi connectivity index (χ2v) is 11.1. The molecule has 0 saturated carbocycles. The number of Topliss-reactive ketones (excluding diaryl/α,β-unsaturated/α-hetero) is 2. The van der Waals surface area contributed by atoms with Crippen molar-refractivity contribution in [2.24, 2.45) is 5.92 Å². The van der Waals surface area contributed by atoms with Gasteiger partial charge in [-0.15, -0.1) is 0 Å². The topological polar surface area (TPSA) is 66.5 Å². The van der Waals surface area contributed by atoms with Gasteiger partial charge in [0.15, 0.2) is 11.6 Å². The van der Waals surface area contributed by atoms with Crippen LogP contribution in [0.5, 0.6) is 0 Å². The zero-order valence-electron chi connectivity index (χ0n) is 20.8. The first-order chi connectivity index (χ1) is 19.0. The molecule has 39 heavy (non-hydrogen) atoms. The molecule has 0 radical (unpaired) electrons. The predicted molar refractivity (Wildman–Crippen MR) is 155 cm³/mol. The van der Waals surface area contributed by atoms with E-state index in [1.807, 2.05) is 95.9 Å². The number of hydrogen-bond acceptors (Lipinski definition) is 4. The zero-order valence-corrected chi connectivity index (χ0v) is 22.3. The number of amides is 1. The van der Waals surface area contributed by atoms with E-state index in [2.05, 4.69) is 21.2 Å². The lowest BCUT2D eigenvalue weighted by Gasteiger charge is -2.37. The van der Waals surface area contributed by atoms with E-state index in [1.165, 1.54) is 0 Å². The Labute approximate surface area is 234 Å². The van der Waals surface area contributed by atoms with Crippen molar-refractivity contribution in [3.63, 3.8) is 0 Å². The molecule has 0 unspecified atom stereocenters. The number of anilines is 2. The molecule has 5 nitrogen and oxygen atoms in total. The van der Waals surface area contributed by atoms with Gasteiger partial charge in [0.25, 0.3) is 0 Å². The third-order valence-electron chi connectivity index (χ3n) is 8.28. The van der Waals surface area contributed by atoms with Gasteiger partial charge in [-0.2, -0.15) is 0 Å². The van der Waals surface area contributed by atoms with Crippen molar-refractivity contribution >= 4 is 50.9 Å². The Hall–Kier alpha value is -4.29. The van der Waals surface area contributed by atoms with Crippen LogP contribution in [-0.2, 0) is 10.2 Å². The molecule has 4 aromatic carbocycles. The summed E-state index contributed by atoms with van der Waals surface area (Å²) in [6.07, 6.45) is 3.99. The van der Waals surface area contributed by atoms with Crippen molar-refractivity contribution in [2.45, 2.75) is 17.5 Å². The molecule has 7 rings (SSSR count). The SMILES string of the molecule is O=C(c1ccc(Br)cc1)[C@@H]1[C@@H](C(=O)c2ccccc2)[C@@]2(C(=O)Nc3ccccc32)[C@H]2C=Cc3ccccc3N12. The highest BCUT2D eigenvalue weighted by Gasteiger charge is 2.70. The summed E-state index contributed by atoms with van der Waals surface area (Å²) >= 11 is 3.46. The Morgan fingerprint density at radius 1 is 0.769 bits per heavy atom. The number of carbonyl (C=O) groups excluding carboxylic acids is 3. The van der Waals surface area contributed by atoms with E-state index in [1.54, 1.807) is 24.3 Å². The summed E-state index contributed by atoms with van der Waals surface area (Å²) in [6, 6.07) is 30.1. The van der Waals surface area contributed by atoms with E-state index in [4.69, 9.17) is 0 Å². The third kappa shape index (κ3) is 3.34. The highest BCUT2D eigenvalue weighted by molar-refractivity contribution is 9.10. The van der Waals surface area contributed by atoms with E-state index >= 15 is 0 Å². The fourth-order valence-electron chi connectivity index (χ4n) is 6.69. The summed E-state index contributed by atoms with van der Waals surface area (Å²) < 4.78 is 0.854. The molecule has 4 aromatic rings. The maximum atomic E-state index is 14.6. The number of ketones is 2. The molecule has 6 heteroatoms. The summed E-state index contributed by atoms with van der Waals surface area (Å²) in [5.41, 5.74) is 2.86. The fourth-order valence-corrected chi connectivity index (χ4v) is 6.95. The van der Waals surface area contributed by atoms with Crippen LogP contribution in [-0.4, -0.2) is 29.6 Å². The summed E-state index contributed by atoms with van der Waals surface area (Å²) in [6.45, 7) is 0. The van der Waals surface area contributed by atoms with Gasteiger partial charge in [0, 0.05) is 27.0 Å². The van der Waals surface area contributed by atoms with Gasteiger partial charge in [-0.1, -0.05) is 107 Å². The highest BCUT2D eigenvalue weighted by Crippen LogP contribution is 2.58. The van der Waals surface area contributed by atoms with Crippen LogP contribution < -0.4 is 10.2 Å². The number of benzene rings is 4. The van der Waals surface area contributed by atoms with Gasteiger partial charge in [-0.05, 0) is 35.4 Å². The van der Waals surface area contributed by atoms with E-state index < -0.39 is 23.4 Å². The van der Waals surface area contributed by atoms with Crippen molar-refractivity contribution in [1.29, 1.82) is 0 Å². The number of carbonyl (C=O) groups is 3. The largest absolute Gasteiger partial charge is 0.352 e. The monoisotopic (exact) mass is 574 g/mol. The van der Waals surface area contributed by atoms with Crippen LogP contribution in [0.1, 0.15) is 31.8 Å². The van der Waals surface area contributed by atoms with Crippen molar-refractivity contribution in [1.82, 2.24) is 0 Å². The Morgan fingerprint density at radius 3 is 2.23 bits per heavy atom. The van der Waals surface area contributed by atoms with Crippen LogP contribution in [0.25, 0.3) is 6.08 Å². The van der Waals surface area contributed by atoms with Crippen molar-refractivity contribution < 1.29 is 14.4 Å². The number of rotatable bonds is 4. The standard InChI is InChI=1S/C33H23BrN2O3/c34-23-17-14-22(15-18-23)31(38)29-28(30(37)21-9-2-1-3-10-21)33(24-11-5-6-12-25(24)35-32(33)39)27-19-16-20-8-4-7-13-26(20)36(27)29/h1-19,27-29H,(H,35,39)/t27-,28+,29+,33+/m1/s1. The normalized spacial score (nSPS) is 24.2. The van der Waals surface area contributed by atoms with E-state index in [9.17, 15) is 14.4 Å². The summed E-state index contributed by atoms with van der Waals surface area (Å²) in [5, 5.41) is 3.06. The number of nitrogens with one attached hydrogen (secondary N) is 1. The lowest BCUT2D eigenvalue weighted by Crippen LogP contribution is -2.51. The fraction of sp³-hybridized carbons (Fsp3) is 0.121. The van der Waals surface area contributed by atoms with Crippen LogP contribution in [0.15, 0.2) is 114 Å². The smallest absolute Gasteiger partial charge is 0.238 e. The molecule has 3 aliphatic heterocycles. The molecular formula is C33H23BrN2O3. The molecule has 0 bridgehead atoms.